The Kier molecular flexibility index (Phi) is 3.69. The first-order valence-electron chi connectivity index (χ1n) is 7.63. The van der Waals surface area contributed by atoms with E-state index in [4.69, 9.17) is 0 Å². The molecule has 0 bridgehead atoms. The monoisotopic (exact) mass is 243 g/mol. The molecule has 1 saturated heterocycles. The van der Waals surface area contributed by atoms with Crippen molar-refractivity contribution in [1.29, 1.82) is 0 Å². The van der Waals surface area contributed by atoms with Gasteiger partial charge in [-0.1, -0.05) is 31.2 Å². The van der Waals surface area contributed by atoms with Crippen LogP contribution >= 0.6 is 0 Å². The van der Waals surface area contributed by atoms with Gasteiger partial charge < -0.3 is 5.32 Å². The van der Waals surface area contributed by atoms with Gasteiger partial charge in [-0.25, -0.2) is 0 Å². The number of benzene rings is 1. The molecule has 1 heterocycles. The van der Waals surface area contributed by atoms with Gasteiger partial charge in [-0.3, -0.25) is 0 Å². The highest BCUT2D eigenvalue weighted by molar-refractivity contribution is 5.32. The van der Waals surface area contributed by atoms with Gasteiger partial charge in [-0.05, 0) is 74.1 Å². The summed E-state index contributed by atoms with van der Waals surface area (Å²) in [7, 11) is 0. The highest BCUT2D eigenvalue weighted by Gasteiger charge is 2.27. The van der Waals surface area contributed by atoms with Crippen LogP contribution in [0, 0.1) is 11.8 Å². The van der Waals surface area contributed by atoms with Crippen molar-refractivity contribution in [2.24, 2.45) is 11.8 Å². The number of piperidine rings is 1. The Morgan fingerprint density at radius 2 is 2.11 bits per heavy atom. The highest BCUT2D eigenvalue weighted by Crippen LogP contribution is 2.38. The van der Waals surface area contributed by atoms with Crippen LogP contribution < -0.4 is 5.32 Å². The molecule has 0 radical (unpaired) electrons. The number of hydrogen-bond acceptors (Lipinski definition) is 1. The maximum Gasteiger partial charge on any atom is -0.00177 e. The molecule has 0 spiro atoms. The summed E-state index contributed by atoms with van der Waals surface area (Å²) in [5.41, 5.74) is 3.27. The van der Waals surface area contributed by atoms with Crippen molar-refractivity contribution < 1.29 is 0 Å². The van der Waals surface area contributed by atoms with Crippen LogP contribution in [0.3, 0.4) is 0 Å². The SMILES string of the molecule is CC1CCNCC1CC1CCCc2ccccc21. The molecule has 3 unspecified atom stereocenters. The molecule has 98 valence electrons. The van der Waals surface area contributed by atoms with E-state index in [2.05, 4.69) is 36.5 Å². The van der Waals surface area contributed by atoms with E-state index in [1.807, 2.05) is 0 Å². The Labute approximate surface area is 111 Å². The fourth-order valence-electron chi connectivity index (χ4n) is 3.83. The van der Waals surface area contributed by atoms with Crippen molar-refractivity contribution in [3.05, 3.63) is 35.4 Å². The summed E-state index contributed by atoms with van der Waals surface area (Å²) in [5.74, 6) is 2.61. The van der Waals surface area contributed by atoms with E-state index in [-0.39, 0.29) is 0 Å². The molecular formula is C17H25N. The van der Waals surface area contributed by atoms with Gasteiger partial charge in [0.15, 0.2) is 0 Å². The van der Waals surface area contributed by atoms with Gasteiger partial charge in [-0.15, -0.1) is 0 Å². The number of rotatable bonds is 2. The highest BCUT2D eigenvalue weighted by atomic mass is 14.9. The summed E-state index contributed by atoms with van der Waals surface area (Å²) in [6, 6.07) is 9.13. The van der Waals surface area contributed by atoms with Crippen LogP contribution in [0.1, 0.15) is 49.7 Å². The first-order chi connectivity index (χ1) is 8.84. The molecule has 1 fully saturated rings. The smallest absolute Gasteiger partial charge is 0.00177 e. The summed E-state index contributed by atoms with van der Waals surface area (Å²) in [6.07, 6.45) is 6.84. The van der Waals surface area contributed by atoms with Crippen molar-refractivity contribution in [3.63, 3.8) is 0 Å². The van der Waals surface area contributed by atoms with Gasteiger partial charge in [0.25, 0.3) is 0 Å². The Hall–Kier alpha value is -0.820. The number of aryl methyl sites for hydroxylation is 1. The van der Waals surface area contributed by atoms with Gasteiger partial charge in [0.2, 0.25) is 0 Å². The lowest BCUT2D eigenvalue weighted by Gasteiger charge is -2.34. The lowest BCUT2D eigenvalue weighted by molar-refractivity contribution is 0.239. The predicted octanol–water partition coefficient (Wildman–Crippen LogP) is 3.74. The normalized spacial score (nSPS) is 31.9. The van der Waals surface area contributed by atoms with E-state index in [1.165, 1.54) is 45.2 Å². The molecule has 18 heavy (non-hydrogen) atoms. The molecule has 1 aliphatic carbocycles. The number of hydrogen-bond donors (Lipinski definition) is 1. The third-order valence-electron chi connectivity index (χ3n) is 5.07. The third-order valence-corrected chi connectivity index (χ3v) is 5.07. The summed E-state index contributed by atoms with van der Waals surface area (Å²) >= 11 is 0. The zero-order valence-electron chi connectivity index (χ0n) is 11.5. The number of nitrogens with one attached hydrogen (secondary N) is 1. The molecular weight excluding hydrogens is 218 g/mol. The van der Waals surface area contributed by atoms with E-state index in [0.29, 0.717) is 0 Å². The van der Waals surface area contributed by atoms with Crippen LogP contribution in [-0.2, 0) is 6.42 Å². The van der Waals surface area contributed by atoms with E-state index in [0.717, 1.165) is 17.8 Å². The minimum atomic E-state index is 0.822. The zero-order valence-corrected chi connectivity index (χ0v) is 11.5. The van der Waals surface area contributed by atoms with Crippen LogP contribution in [0.5, 0.6) is 0 Å². The van der Waals surface area contributed by atoms with Crippen LogP contribution in [-0.4, -0.2) is 13.1 Å². The van der Waals surface area contributed by atoms with Crippen molar-refractivity contribution in [1.82, 2.24) is 5.32 Å². The maximum absolute atomic E-state index is 3.58. The lowest BCUT2D eigenvalue weighted by Crippen LogP contribution is -2.36. The molecule has 1 N–H and O–H groups in total. The second-order valence-electron chi connectivity index (χ2n) is 6.25. The van der Waals surface area contributed by atoms with Crippen molar-refractivity contribution in [3.8, 4) is 0 Å². The first-order valence-corrected chi connectivity index (χ1v) is 7.63. The Morgan fingerprint density at radius 1 is 1.22 bits per heavy atom. The van der Waals surface area contributed by atoms with Gasteiger partial charge in [0.05, 0.1) is 0 Å². The molecule has 1 heteroatoms. The molecule has 3 rings (SSSR count). The molecule has 3 atom stereocenters. The Morgan fingerprint density at radius 3 is 3.00 bits per heavy atom. The van der Waals surface area contributed by atoms with Gasteiger partial charge in [-0.2, -0.15) is 0 Å². The maximum atomic E-state index is 3.58. The van der Waals surface area contributed by atoms with Crippen molar-refractivity contribution in [2.45, 2.75) is 44.9 Å². The average Bonchev–Trinajstić information content (AvgIpc) is 2.42. The molecule has 1 aromatic carbocycles. The van der Waals surface area contributed by atoms with Crippen molar-refractivity contribution in [2.75, 3.05) is 13.1 Å². The summed E-state index contributed by atoms with van der Waals surface area (Å²) in [4.78, 5) is 0. The molecule has 0 amide bonds. The molecule has 0 aromatic heterocycles. The van der Waals surface area contributed by atoms with E-state index in [9.17, 15) is 0 Å². The number of fused-ring (bicyclic) bond motifs is 1. The Bertz CT molecular complexity index is 398. The topological polar surface area (TPSA) is 12.0 Å². The van der Waals surface area contributed by atoms with Gasteiger partial charge in [0.1, 0.15) is 0 Å². The van der Waals surface area contributed by atoms with Crippen LogP contribution in [0.25, 0.3) is 0 Å². The average molecular weight is 243 g/mol. The zero-order chi connectivity index (χ0) is 12.4. The second-order valence-corrected chi connectivity index (χ2v) is 6.25. The standard InChI is InChI=1S/C17H25N/c1-13-9-10-18-12-16(13)11-15-7-4-6-14-5-2-3-8-17(14)15/h2-3,5,8,13,15-16,18H,4,6-7,9-12H2,1H3. The van der Waals surface area contributed by atoms with Crippen LogP contribution in [0.4, 0.5) is 0 Å². The van der Waals surface area contributed by atoms with Crippen molar-refractivity contribution >= 4 is 0 Å². The fraction of sp³-hybridized carbons (Fsp3) is 0.647. The second kappa shape index (κ2) is 5.44. The van der Waals surface area contributed by atoms with Gasteiger partial charge in [0, 0.05) is 0 Å². The molecule has 1 nitrogen and oxygen atoms in total. The van der Waals surface area contributed by atoms with E-state index in [1.54, 1.807) is 11.1 Å². The minimum absolute atomic E-state index is 0.822. The summed E-state index contributed by atoms with van der Waals surface area (Å²) in [6.45, 7) is 4.90. The third kappa shape index (κ3) is 2.47. The van der Waals surface area contributed by atoms with E-state index >= 15 is 0 Å². The largest absolute Gasteiger partial charge is 0.316 e. The van der Waals surface area contributed by atoms with E-state index < -0.39 is 0 Å². The van der Waals surface area contributed by atoms with Crippen LogP contribution in [0.15, 0.2) is 24.3 Å². The molecule has 2 aliphatic rings. The molecule has 1 aromatic rings. The first kappa shape index (κ1) is 12.2. The minimum Gasteiger partial charge on any atom is -0.316 e. The summed E-state index contributed by atoms with van der Waals surface area (Å²) < 4.78 is 0. The lowest BCUT2D eigenvalue weighted by atomic mass is 9.74. The van der Waals surface area contributed by atoms with Gasteiger partial charge >= 0.3 is 0 Å². The molecule has 1 aliphatic heterocycles. The quantitative estimate of drug-likeness (QED) is 0.834. The predicted molar refractivity (Wildman–Crippen MR) is 76.9 cm³/mol. The Balaban J connectivity index is 1.73. The fourth-order valence-corrected chi connectivity index (χ4v) is 3.83. The van der Waals surface area contributed by atoms with Crippen LogP contribution in [0.2, 0.25) is 0 Å². The molecule has 0 saturated carbocycles. The summed E-state index contributed by atoms with van der Waals surface area (Å²) in [5, 5.41) is 3.58.